The number of anilines is 2. The number of rotatable bonds is 5. The quantitative estimate of drug-likeness (QED) is 0.536. The summed E-state index contributed by atoms with van der Waals surface area (Å²) in [5.74, 6) is -0.357. The highest BCUT2D eigenvalue weighted by molar-refractivity contribution is 9.10. The average Bonchev–Trinajstić information content (AvgIpc) is 2.97. The molecule has 0 atom stereocenters. The minimum absolute atomic E-state index is 0.0561. The highest BCUT2D eigenvalue weighted by atomic mass is 79.9. The van der Waals surface area contributed by atoms with Crippen LogP contribution in [-0.2, 0) is 10.0 Å². The Morgan fingerprint density at radius 3 is 2.37 bits per heavy atom. The number of benzene rings is 2. The van der Waals surface area contributed by atoms with Crippen LogP contribution >= 0.6 is 38.9 Å². The summed E-state index contributed by atoms with van der Waals surface area (Å²) in [6.45, 7) is 1.65. The summed E-state index contributed by atoms with van der Waals surface area (Å²) in [6, 6.07) is 12.9. The van der Waals surface area contributed by atoms with E-state index in [1.807, 2.05) is 0 Å². The number of thiazole rings is 1. The Bertz CT molecular complexity index is 1080. The van der Waals surface area contributed by atoms with E-state index in [2.05, 4.69) is 31.0 Å². The average molecular weight is 487 g/mol. The minimum Gasteiger partial charge on any atom is -0.321 e. The van der Waals surface area contributed by atoms with Gasteiger partial charge in [0.2, 0.25) is 0 Å². The third kappa shape index (κ3) is 4.86. The standard InChI is InChI=1S/C17H13BrClN3O3S2/c1-10-15(16(23)21-13-6-2-11(18)3-7-13)26-17(20-10)22-27(24,25)14-8-4-12(19)5-9-14/h2-9H,1H3,(H,20,22)(H,21,23). The first-order valence-corrected chi connectivity index (χ1v) is 11.0. The summed E-state index contributed by atoms with van der Waals surface area (Å²) in [5, 5.41) is 3.31. The second-order valence-corrected chi connectivity index (χ2v) is 9.49. The number of carbonyl (C=O) groups is 1. The van der Waals surface area contributed by atoms with Crippen molar-refractivity contribution >= 4 is 65.6 Å². The largest absolute Gasteiger partial charge is 0.321 e. The molecule has 0 saturated heterocycles. The van der Waals surface area contributed by atoms with Crippen LogP contribution in [0.15, 0.2) is 57.9 Å². The van der Waals surface area contributed by atoms with Crippen LogP contribution in [0, 0.1) is 6.92 Å². The topological polar surface area (TPSA) is 88.2 Å². The summed E-state index contributed by atoms with van der Waals surface area (Å²) in [4.78, 5) is 17.0. The summed E-state index contributed by atoms with van der Waals surface area (Å²) in [6.07, 6.45) is 0. The lowest BCUT2D eigenvalue weighted by atomic mass is 10.3. The highest BCUT2D eigenvalue weighted by Crippen LogP contribution is 2.26. The van der Waals surface area contributed by atoms with Gasteiger partial charge in [-0.2, -0.15) is 0 Å². The van der Waals surface area contributed by atoms with Crippen LogP contribution in [0.2, 0.25) is 5.02 Å². The number of hydrogen-bond acceptors (Lipinski definition) is 5. The lowest BCUT2D eigenvalue weighted by Gasteiger charge is -2.05. The second kappa shape index (κ2) is 7.97. The number of hydrogen-bond donors (Lipinski definition) is 2. The first-order chi connectivity index (χ1) is 12.7. The number of aryl methyl sites for hydroxylation is 1. The lowest BCUT2D eigenvalue weighted by molar-refractivity contribution is 0.103. The third-order valence-corrected chi connectivity index (χ3v) is 6.79. The number of sulfonamides is 1. The fraction of sp³-hybridized carbons (Fsp3) is 0.0588. The fourth-order valence-electron chi connectivity index (χ4n) is 2.16. The van der Waals surface area contributed by atoms with Crippen LogP contribution in [0.1, 0.15) is 15.4 Å². The molecule has 0 spiro atoms. The van der Waals surface area contributed by atoms with Gasteiger partial charge in [-0.15, -0.1) is 0 Å². The molecule has 3 aromatic rings. The first kappa shape index (κ1) is 19.8. The molecule has 0 aliphatic rings. The zero-order valence-corrected chi connectivity index (χ0v) is 17.8. The fourth-order valence-corrected chi connectivity index (χ4v) is 4.65. The van der Waals surface area contributed by atoms with Gasteiger partial charge in [0.25, 0.3) is 15.9 Å². The molecule has 0 aliphatic heterocycles. The lowest BCUT2D eigenvalue weighted by Crippen LogP contribution is -2.12. The number of carbonyl (C=O) groups excluding carboxylic acids is 1. The third-order valence-electron chi connectivity index (χ3n) is 3.45. The number of nitrogens with one attached hydrogen (secondary N) is 2. The van der Waals surface area contributed by atoms with Crippen molar-refractivity contribution in [3.05, 3.63) is 68.6 Å². The summed E-state index contributed by atoms with van der Waals surface area (Å²) >= 11 is 10.1. The molecular weight excluding hydrogens is 474 g/mol. The van der Waals surface area contributed by atoms with Crippen LogP contribution in [0.4, 0.5) is 10.8 Å². The Kier molecular flexibility index (Phi) is 5.85. The number of halogens is 2. The van der Waals surface area contributed by atoms with Gasteiger partial charge in [0, 0.05) is 15.2 Å². The molecule has 140 valence electrons. The van der Waals surface area contributed by atoms with E-state index >= 15 is 0 Å². The monoisotopic (exact) mass is 485 g/mol. The van der Waals surface area contributed by atoms with Crippen LogP contribution in [0.5, 0.6) is 0 Å². The Hall–Kier alpha value is -1.94. The van der Waals surface area contributed by atoms with Crippen LogP contribution in [-0.4, -0.2) is 19.3 Å². The molecule has 0 unspecified atom stereocenters. The Labute approximate surface area is 173 Å². The van der Waals surface area contributed by atoms with E-state index < -0.39 is 10.0 Å². The number of amides is 1. The van der Waals surface area contributed by atoms with E-state index in [0.717, 1.165) is 15.8 Å². The van der Waals surface area contributed by atoms with E-state index in [9.17, 15) is 13.2 Å². The number of aromatic nitrogens is 1. The van der Waals surface area contributed by atoms with E-state index in [1.54, 1.807) is 31.2 Å². The van der Waals surface area contributed by atoms with Crippen molar-refractivity contribution in [1.29, 1.82) is 0 Å². The van der Waals surface area contributed by atoms with E-state index in [1.165, 1.54) is 24.3 Å². The van der Waals surface area contributed by atoms with Gasteiger partial charge < -0.3 is 5.32 Å². The van der Waals surface area contributed by atoms with Crippen molar-refractivity contribution in [3.63, 3.8) is 0 Å². The number of nitrogens with zero attached hydrogens (tertiary/aromatic N) is 1. The van der Waals surface area contributed by atoms with E-state index in [0.29, 0.717) is 21.3 Å². The Morgan fingerprint density at radius 2 is 1.74 bits per heavy atom. The van der Waals surface area contributed by atoms with Crippen molar-refractivity contribution in [2.24, 2.45) is 0 Å². The predicted molar refractivity (Wildman–Crippen MR) is 111 cm³/mol. The van der Waals surface area contributed by atoms with Crippen LogP contribution in [0.3, 0.4) is 0 Å². The van der Waals surface area contributed by atoms with Crippen molar-refractivity contribution in [3.8, 4) is 0 Å². The molecule has 3 rings (SSSR count). The maximum atomic E-state index is 12.5. The molecule has 0 bridgehead atoms. The van der Waals surface area contributed by atoms with Crippen molar-refractivity contribution < 1.29 is 13.2 Å². The molecule has 0 aliphatic carbocycles. The molecule has 6 nitrogen and oxygen atoms in total. The van der Waals surface area contributed by atoms with Crippen molar-refractivity contribution in [2.45, 2.75) is 11.8 Å². The first-order valence-electron chi connectivity index (χ1n) is 7.57. The van der Waals surface area contributed by atoms with Gasteiger partial charge in [-0.25, -0.2) is 13.4 Å². The molecule has 0 fully saturated rings. The summed E-state index contributed by atoms with van der Waals surface area (Å²) in [7, 11) is -3.82. The molecule has 1 heterocycles. The smallest absolute Gasteiger partial charge is 0.267 e. The Morgan fingerprint density at radius 1 is 1.11 bits per heavy atom. The van der Waals surface area contributed by atoms with E-state index in [4.69, 9.17) is 11.6 Å². The molecule has 2 N–H and O–H groups in total. The summed E-state index contributed by atoms with van der Waals surface area (Å²) in [5.41, 5.74) is 1.06. The van der Waals surface area contributed by atoms with E-state index in [-0.39, 0.29) is 15.9 Å². The van der Waals surface area contributed by atoms with Gasteiger partial charge in [0.05, 0.1) is 10.6 Å². The molecule has 1 aromatic heterocycles. The van der Waals surface area contributed by atoms with Crippen LogP contribution < -0.4 is 10.0 Å². The van der Waals surface area contributed by atoms with Crippen molar-refractivity contribution in [2.75, 3.05) is 10.0 Å². The zero-order valence-electron chi connectivity index (χ0n) is 13.9. The minimum atomic E-state index is -3.82. The van der Waals surface area contributed by atoms with Crippen molar-refractivity contribution in [1.82, 2.24) is 4.98 Å². The predicted octanol–water partition coefficient (Wildman–Crippen LogP) is 4.92. The zero-order chi connectivity index (χ0) is 19.6. The van der Waals surface area contributed by atoms with Crippen LogP contribution in [0.25, 0.3) is 0 Å². The molecule has 2 aromatic carbocycles. The van der Waals surface area contributed by atoms with Gasteiger partial charge in [0.1, 0.15) is 4.88 Å². The maximum absolute atomic E-state index is 12.5. The second-order valence-electron chi connectivity index (χ2n) is 5.45. The van der Waals surface area contributed by atoms with Gasteiger partial charge in [0.15, 0.2) is 5.13 Å². The summed E-state index contributed by atoms with van der Waals surface area (Å²) < 4.78 is 28.2. The molecule has 1 amide bonds. The maximum Gasteiger partial charge on any atom is 0.267 e. The van der Waals surface area contributed by atoms with Gasteiger partial charge in [-0.1, -0.05) is 38.9 Å². The molecule has 0 saturated carbocycles. The van der Waals surface area contributed by atoms with Gasteiger partial charge in [-0.05, 0) is 55.5 Å². The molecular formula is C17H13BrClN3O3S2. The van der Waals surface area contributed by atoms with Gasteiger partial charge >= 0.3 is 0 Å². The normalized spacial score (nSPS) is 11.2. The molecule has 10 heteroatoms. The molecule has 27 heavy (non-hydrogen) atoms. The highest BCUT2D eigenvalue weighted by Gasteiger charge is 2.20. The van der Waals surface area contributed by atoms with Gasteiger partial charge in [-0.3, -0.25) is 9.52 Å². The SMILES string of the molecule is Cc1nc(NS(=O)(=O)c2ccc(Cl)cc2)sc1C(=O)Nc1ccc(Br)cc1. The Balaban J connectivity index is 1.78. The molecule has 0 radical (unpaired) electrons.